The number of nitrogens with one attached hydrogen (secondary N) is 1. The van der Waals surface area contributed by atoms with Crippen LogP contribution >= 0.6 is 0 Å². The Bertz CT molecular complexity index is 636. The summed E-state index contributed by atoms with van der Waals surface area (Å²) in [6, 6.07) is 9.71. The van der Waals surface area contributed by atoms with Gasteiger partial charge in [0, 0.05) is 19.3 Å². The van der Waals surface area contributed by atoms with Crippen LogP contribution in [0.4, 0.5) is 0 Å². The molecule has 0 radical (unpaired) electrons. The zero-order valence-electron chi connectivity index (χ0n) is 13.7. The largest absolute Gasteiger partial charge is 0.497 e. The summed E-state index contributed by atoms with van der Waals surface area (Å²) in [5.74, 6) is 1.20. The highest BCUT2D eigenvalue weighted by molar-refractivity contribution is 5.78. The fraction of sp³-hybridized carbons (Fsp3) is 0.375. The summed E-state index contributed by atoms with van der Waals surface area (Å²) in [4.78, 5) is 4.28. The third-order valence-corrected chi connectivity index (χ3v) is 3.20. The van der Waals surface area contributed by atoms with Crippen LogP contribution in [0.25, 0.3) is 5.69 Å². The van der Waals surface area contributed by atoms with Gasteiger partial charge in [0.25, 0.3) is 0 Å². The van der Waals surface area contributed by atoms with Crippen molar-refractivity contribution < 1.29 is 9.47 Å². The van der Waals surface area contributed by atoms with Gasteiger partial charge in [-0.15, -0.1) is 0 Å². The van der Waals surface area contributed by atoms with Crippen molar-refractivity contribution in [3.05, 3.63) is 42.2 Å². The first kappa shape index (κ1) is 16.8. The van der Waals surface area contributed by atoms with Gasteiger partial charge in [-0.25, -0.2) is 9.67 Å². The molecule has 2 rings (SSSR count). The lowest BCUT2D eigenvalue weighted by atomic mass is 10.3. The molecule has 124 valence electrons. The van der Waals surface area contributed by atoms with Gasteiger partial charge in [-0.3, -0.25) is 0 Å². The van der Waals surface area contributed by atoms with Crippen LogP contribution in [0.2, 0.25) is 0 Å². The summed E-state index contributed by atoms with van der Waals surface area (Å²) >= 11 is 0. The van der Waals surface area contributed by atoms with E-state index in [0.29, 0.717) is 19.1 Å². The average Bonchev–Trinajstić information content (AvgIpc) is 3.02. The Kier molecular flexibility index (Phi) is 5.99. The normalized spacial score (nSPS) is 12.9. The van der Waals surface area contributed by atoms with Crippen LogP contribution in [0.3, 0.4) is 0 Å². The quantitative estimate of drug-likeness (QED) is 0.594. The molecule has 0 saturated carbocycles. The highest BCUT2D eigenvalue weighted by atomic mass is 16.5. The van der Waals surface area contributed by atoms with Gasteiger partial charge in [-0.05, 0) is 37.3 Å². The molecule has 0 aliphatic carbocycles. The average molecular weight is 317 g/mol. The highest BCUT2D eigenvalue weighted by Gasteiger charge is 2.04. The van der Waals surface area contributed by atoms with Crippen LogP contribution in [0.15, 0.2) is 41.5 Å². The number of nitrogens with two attached hydrogens (primary N) is 1. The molecule has 1 aromatic carbocycles. The molecule has 0 spiro atoms. The molecule has 1 unspecified atom stereocenters. The van der Waals surface area contributed by atoms with Crippen LogP contribution in [-0.4, -0.2) is 42.6 Å². The zero-order chi connectivity index (χ0) is 16.7. The summed E-state index contributed by atoms with van der Waals surface area (Å²) in [5, 5.41) is 7.54. The molecule has 23 heavy (non-hydrogen) atoms. The lowest BCUT2D eigenvalue weighted by Gasteiger charge is -2.12. The van der Waals surface area contributed by atoms with Gasteiger partial charge in [0.1, 0.15) is 5.75 Å². The first-order chi connectivity index (χ1) is 11.1. The van der Waals surface area contributed by atoms with Gasteiger partial charge in [0.15, 0.2) is 5.96 Å². The molecule has 0 fully saturated rings. The molecule has 0 amide bonds. The van der Waals surface area contributed by atoms with Crippen LogP contribution < -0.4 is 15.8 Å². The van der Waals surface area contributed by atoms with Crippen molar-refractivity contribution in [2.45, 2.75) is 19.5 Å². The van der Waals surface area contributed by atoms with Crippen LogP contribution in [0, 0.1) is 0 Å². The number of methoxy groups -OCH3 is 2. The minimum atomic E-state index is 0.112. The second-order valence-electron chi connectivity index (χ2n) is 5.15. The molecule has 0 bridgehead atoms. The molecule has 0 saturated heterocycles. The van der Waals surface area contributed by atoms with E-state index < -0.39 is 0 Å². The summed E-state index contributed by atoms with van der Waals surface area (Å²) < 4.78 is 12.0. The number of aromatic nitrogens is 2. The fourth-order valence-corrected chi connectivity index (χ4v) is 2.08. The number of aliphatic imine (C=N–C) groups is 1. The summed E-state index contributed by atoms with van der Waals surface area (Å²) in [6.45, 7) is 2.97. The first-order valence-corrected chi connectivity index (χ1v) is 7.36. The number of ether oxygens (including phenoxy) is 2. The maximum atomic E-state index is 5.84. The number of rotatable bonds is 7. The standard InChI is InChI=1S/C16H23N5O2/c1-12(11-22-2)19-16(17)18-10-13-8-9-21(20-13)14-4-6-15(23-3)7-5-14/h4-9,12H,10-11H2,1-3H3,(H3,17,18,19). The van der Waals surface area contributed by atoms with Crippen molar-refractivity contribution in [3.63, 3.8) is 0 Å². The lowest BCUT2D eigenvalue weighted by molar-refractivity contribution is 0.179. The van der Waals surface area contributed by atoms with E-state index >= 15 is 0 Å². The van der Waals surface area contributed by atoms with Crippen molar-refractivity contribution in [2.24, 2.45) is 10.7 Å². The van der Waals surface area contributed by atoms with E-state index in [1.165, 1.54) is 0 Å². The topological polar surface area (TPSA) is 86.7 Å². The van der Waals surface area contributed by atoms with Gasteiger partial charge >= 0.3 is 0 Å². The SMILES string of the molecule is COCC(C)NC(N)=NCc1ccn(-c2ccc(OC)cc2)n1. The Morgan fingerprint density at radius 1 is 1.30 bits per heavy atom. The van der Waals surface area contributed by atoms with Crippen molar-refractivity contribution in [2.75, 3.05) is 20.8 Å². The molecule has 1 aromatic heterocycles. The van der Waals surface area contributed by atoms with Gasteiger partial charge in [0.05, 0.1) is 31.6 Å². The van der Waals surface area contributed by atoms with E-state index in [0.717, 1.165) is 17.1 Å². The zero-order valence-corrected chi connectivity index (χ0v) is 13.7. The van der Waals surface area contributed by atoms with Crippen LogP contribution in [-0.2, 0) is 11.3 Å². The van der Waals surface area contributed by atoms with E-state index in [4.69, 9.17) is 15.2 Å². The predicted octanol–water partition coefficient (Wildman–Crippen LogP) is 1.32. The van der Waals surface area contributed by atoms with Crippen molar-refractivity contribution in [1.29, 1.82) is 0 Å². The van der Waals surface area contributed by atoms with E-state index in [1.807, 2.05) is 43.5 Å². The molecule has 0 aliphatic rings. The Labute approximate surface area is 136 Å². The molecule has 1 atom stereocenters. The molecular weight excluding hydrogens is 294 g/mol. The third kappa shape index (κ3) is 5.00. The number of hydrogen-bond acceptors (Lipinski definition) is 4. The Morgan fingerprint density at radius 3 is 2.70 bits per heavy atom. The van der Waals surface area contributed by atoms with Crippen molar-refractivity contribution in [1.82, 2.24) is 15.1 Å². The van der Waals surface area contributed by atoms with Crippen molar-refractivity contribution in [3.8, 4) is 11.4 Å². The molecule has 7 heteroatoms. The summed E-state index contributed by atoms with van der Waals surface area (Å²) in [5.41, 5.74) is 7.63. The van der Waals surface area contributed by atoms with Gasteiger partial charge < -0.3 is 20.5 Å². The maximum Gasteiger partial charge on any atom is 0.189 e. The molecule has 0 aliphatic heterocycles. The van der Waals surface area contributed by atoms with E-state index in [2.05, 4.69) is 15.4 Å². The van der Waals surface area contributed by atoms with Crippen LogP contribution in [0.5, 0.6) is 5.75 Å². The number of benzene rings is 1. The number of nitrogens with zero attached hydrogens (tertiary/aromatic N) is 3. The highest BCUT2D eigenvalue weighted by Crippen LogP contribution is 2.14. The second kappa shape index (κ2) is 8.19. The lowest BCUT2D eigenvalue weighted by Crippen LogP contribution is -2.40. The molecular formula is C16H23N5O2. The Balaban J connectivity index is 1.96. The third-order valence-electron chi connectivity index (χ3n) is 3.20. The van der Waals surface area contributed by atoms with Gasteiger partial charge in [-0.1, -0.05) is 0 Å². The first-order valence-electron chi connectivity index (χ1n) is 7.36. The number of guanidine groups is 1. The minimum absolute atomic E-state index is 0.112. The second-order valence-corrected chi connectivity index (χ2v) is 5.15. The van der Waals surface area contributed by atoms with E-state index in [1.54, 1.807) is 18.9 Å². The summed E-state index contributed by atoms with van der Waals surface area (Å²) in [7, 11) is 3.29. The van der Waals surface area contributed by atoms with Crippen molar-refractivity contribution >= 4 is 5.96 Å². The predicted molar refractivity (Wildman–Crippen MR) is 89.9 cm³/mol. The monoisotopic (exact) mass is 317 g/mol. The van der Waals surface area contributed by atoms with Gasteiger partial charge in [-0.2, -0.15) is 5.10 Å². The molecule has 7 nitrogen and oxygen atoms in total. The smallest absolute Gasteiger partial charge is 0.189 e. The number of hydrogen-bond donors (Lipinski definition) is 2. The fourth-order valence-electron chi connectivity index (χ4n) is 2.08. The van der Waals surface area contributed by atoms with Crippen LogP contribution in [0.1, 0.15) is 12.6 Å². The summed E-state index contributed by atoms with van der Waals surface area (Å²) in [6.07, 6.45) is 1.89. The van der Waals surface area contributed by atoms with E-state index in [9.17, 15) is 0 Å². The molecule has 1 heterocycles. The molecule has 2 aromatic rings. The maximum absolute atomic E-state index is 5.84. The Morgan fingerprint density at radius 2 is 2.04 bits per heavy atom. The van der Waals surface area contributed by atoms with E-state index in [-0.39, 0.29) is 6.04 Å². The minimum Gasteiger partial charge on any atom is -0.497 e. The Hall–Kier alpha value is -2.54. The molecule has 3 N–H and O–H groups in total. The van der Waals surface area contributed by atoms with Gasteiger partial charge in [0.2, 0.25) is 0 Å².